The van der Waals surface area contributed by atoms with E-state index in [0.29, 0.717) is 20.9 Å². The maximum atomic E-state index is 13.3. The zero-order valence-electron chi connectivity index (χ0n) is 16.5. The second kappa shape index (κ2) is 8.34. The van der Waals surface area contributed by atoms with E-state index in [1.165, 1.54) is 28.0 Å². The van der Waals surface area contributed by atoms with Crippen LogP contribution in [0.2, 0.25) is 10.0 Å². The highest BCUT2D eigenvalue weighted by atomic mass is 35.5. The van der Waals surface area contributed by atoms with E-state index < -0.39 is 11.2 Å². The Hall–Kier alpha value is -2.09. The van der Waals surface area contributed by atoms with Crippen LogP contribution in [0.15, 0.2) is 27.8 Å². The molecule has 0 fully saturated rings. The van der Waals surface area contributed by atoms with Gasteiger partial charge in [-0.15, -0.1) is 11.3 Å². The van der Waals surface area contributed by atoms with Gasteiger partial charge in [-0.05, 0) is 51.0 Å². The van der Waals surface area contributed by atoms with E-state index >= 15 is 0 Å². The lowest BCUT2D eigenvalue weighted by molar-refractivity contribution is -0.122. The molecule has 1 amide bonds. The molecule has 3 aromatic rings. The first-order valence-corrected chi connectivity index (χ1v) is 10.7. The highest BCUT2D eigenvalue weighted by molar-refractivity contribution is 7.18. The van der Waals surface area contributed by atoms with Crippen LogP contribution in [0.25, 0.3) is 15.9 Å². The summed E-state index contributed by atoms with van der Waals surface area (Å²) in [5.41, 5.74) is 0.0563. The molecule has 0 aliphatic heterocycles. The Bertz CT molecular complexity index is 1230. The number of thiophene rings is 1. The SMILES string of the molecule is CC[C@@H](C)NC(=O)Cn1c(=O)n(-c2ccc(Cl)c(Cl)c2)c(=O)c2c(C)c(C)sc21. The Labute approximate surface area is 181 Å². The lowest BCUT2D eigenvalue weighted by Crippen LogP contribution is -2.42. The molecule has 3 rings (SSSR count). The van der Waals surface area contributed by atoms with Gasteiger partial charge in [-0.3, -0.25) is 14.2 Å². The topological polar surface area (TPSA) is 73.1 Å². The predicted molar refractivity (Wildman–Crippen MR) is 119 cm³/mol. The summed E-state index contributed by atoms with van der Waals surface area (Å²) in [7, 11) is 0. The second-order valence-electron chi connectivity index (χ2n) is 6.95. The van der Waals surface area contributed by atoms with E-state index in [4.69, 9.17) is 23.2 Å². The van der Waals surface area contributed by atoms with Crippen LogP contribution in [-0.2, 0) is 11.3 Å². The Morgan fingerprint density at radius 1 is 1.21 bits per heavy atom. The van der Waals surface area contributed by atoms with Gasteiger partial charge < -0.3 is 5.32 Å². The lowest BCUT2D eigenvalue weighted by Gasteiger charge is -2.15. The summed E-state index contributed by atoms with van der Waals surface area (Å²) in [6, 6.07) is 4.54. The maximum Gasteiger partial charge on any atom is 0.337 e. The number of aromatic nitrogens is 2. The minimum absolute atomic E-state index is 0.0125. The van der Waals surface area contributed by atoms with Crippen LogP contribution in [0.1, 0.15) is 30.7 Å². The normalized spacial score (nSPS) is 12.3. The van der Waals surface area contributed by atoms with Crippen LogP contribution >= 0.6 is 34.5 Å². The summed E-state index contributed by atoms with van der Waals surface area (Å²) in [5.74, 6) is -0.286. The van der Waals surface area contributed by atoms with Gasteiger partial charge in [0.1, 0.15) is 11.4 Å². The van der Waals surface area contributed by atoms with Crippen molar-refractivity contribution in [3.05, 3.63) is 59.5 Å². The Morgan fingerprint density at radius 3 is 2.52 bits per heavy atom. The number of rotatable bonds is 5. The van der Waals surface area contributed by atoms with Crippen molar-refractivity contribution in [2.75, 3.05) is 0 Å². The number of nitrogens with zero attached hydrogens (tertiary/aromatic N) is 2. The zero-order valence-corrected chi connectivity index (χ0v) is 18.8. The van der Waals surface area contributed by atoms with Crippen LogP contribution in [0.5, 0.6) is 0 Å². The molecule has 1 aromatic carbocycles. The highest BCUT2D eigenvalue weighted by Crippen LogP contribution is 2.28. The molecule has 0 aliphatic rings. The predicted octanol–water partition coefficient (Wildman–Crippen LogP) is 4.05. The molecule has 2 aromatic heterocycles. The molecule has 0 bridgehead atoms. The number of hydrogen-bond donors (Lipinski definition) is 1. The van der Waals surface area contributed by atoms with Crippen molar-refractivity contribution < 1.29 is 4.79 Å². The molecule has 2 heterocycles. The number of benzene rings is 1. The quantitative estimate of drug-likeness (QED) is 0.632. The minimum Gasteiger partial charge on any atom is -0.352 e. The molecule has 0 spiro atoms. The van der Waals surface area contributed by atoms with E-state index in [1.54, 1.807) is 6.07 Å². The van der Waals surface area contributed by atoms with Crippen molar-refractivity contribution in [3.63, 3.8) is 0 Å². The number of carbonyl (C=O) groups is 1. The summed E-state index contributed by atoms with van der Waals surface area (Å²) >= 11 is 13.4. The molecule has 9 heteroatoms. The Morgan fingerprint density at radius 2 is 1.90 bits per heavy atom. The van der Waals surface area contributed by atoms with Crippen molar-refractivity contribution in [1.82, 2.24) is 14.5 Å². The molecule has 0 radical (unpaired) electrons. The largest absolute Gasteiger partial charge is 0.352 e. The van der Waals surface area contributed by atoms with Crippen molar-refractivity contribution in [2.24, 2.45) is 0 Å². The third-order valence-electron chi connectivity index (χ3n) is 4.93. The van der Waals surface area contributed by atoms with Gasteiger partial charge in [-0.1, -0.05) is 30.1 Å². The van der Waals surface area contributed by atoms with Gasteiger partial charge in [-0.2, -0.15) is 0 Å². The van der Waals surface area contributed by atoms with Crippen molar-refractivity contribution >= 4 is 50.7 Å². The number of fused-ring (bicyclic) bond motifs is 1. The number of amides is 1. The van der Waals surface area contributed by atoms with Gasteiger partial charge in [-0.25, -0.2) is 9.36 Å². The minimum atomic E-state index is -0.596. The number of halogens is 2. The van der Waals surface area contributed by atoms with E-state index in [0.717, 1.165) is 21.4 Å². The van der Waals surface area contributed by atoms with Gasteiger partial charge in [0.2, 0.25) is 5.91 Å². The monoisotopic (exact) mass is 453 g/mol. The van der Waals surface area contributed by atoms with Gasteiger partial charge in [0, 0.05) is 10.9 Å². The fourth-order valence-electron chi connectivity index (χ4n) is 3.01. The Kier molecular flexibility index (Phi) is 6.22. The summed E-state index contributed by atoms with van der Waals surface area (Å²) in [4.78, 5) is 40.4. The lowest BCUT2D eigenvalue weighted by atomic mass is 10.2. The molecule has 6 nitrogen and oxygen atoms in total. The van der Waals surface area contributed by atoms with Crippen LogP contribution in [-0.4, -0.2) is 21.1 Å². The van der Waals surface area contributed by atoms with Crippen LogP contribution in [0, 0.1) is 13.8 Å². The molecule has 0 unspecified atom stereocenters. The molecule has 1 atom stereocenters. The Balaban J connectivity index is 2.29. The fourth-order valence-corrected chi connectivity index (χ4v) is 4.45. The molecular formula is C20H21Cl2N3O3S. The third-order valence-corrected chi connectivity index (χ3v) is 6.90. The van der Waals surface area contributed by atoms with Gasteiger partial charge in [0.25, 0.3) is 5.56 Å². The van der Waals surface area contributed by atoms with Crippen LogP contribution in [0.3, 0.4) is 0 Å². The standard InChI is InChI=1S/C20H21Cl2N3O3S/c1-5-10(2)23-16(26)9-24-19-17(11(3)12(4)29-19)18(27)25(20(24)28)13-6-7-14(21)15(22)8-13/h6-8,10H,5,9H2,1-4H3,(H,23,26)/t10-/m1/s1. The first kappa shape index (κ1) is 21.6. The maximum absolute atomic E-state index is 13.3. The van der Waals surface area contributed by atoms with Crippen molar-refractivity contribution in [3.8, 4) is 5.69 Å². The number of hydrogen-bond acceptors (Lipinski definition) is 4. The number of carbonyl (C=O) groups excluding carboxylic acids is 1. The van der Waals surface area contributed by atoms with Gasteiger partial charge >= 0.3 is 5.69 Å². The highest BCUT2D eigenvalue weighted by Gasteiger charge is 2.21. The average Bonchev–Trinajstić information content (AvgIpc) is 2.96. The van der Waals surface area contributed by atoms with E-state index in [1.807, 2.05) is 27.7 Å². The number of nitrogens with one attached hydrogen (secondary N) is 1. The molecule has 154 valence electrons. The molecule has 0 saturated carbocycles. The molecular weight excluding hydrogens is 433 g/mol. The fraction of sp³-hybridized carbons (Fsp3) is 0.350. The molecule has 0 saturated heterocycles. The molecule has 1 N–H and O–H groups in total. The van der Waals surface area contributed by atoms with Gasteiger partial charge in [0.05, 0.1) is 21.1 Å². The molecule has 29 heavy (non-hydrogen) atoms. The van der Waals surface area contributed by atoms with Crippen LogP contribution in [0.4, 0.5) is 0 Å². The summed E-state index contributed by atoms with van der Waals surface area (Å²) in [6.07, 6.45) is 0.774. The summed E-state index contributed by atoms with van der Waals surface area (Å²) < 4.78 is 2.39. The van der Waals surface area contributed by atoms with Gasteiger partial charge in [0.15, 0.2) is 0 Å². The van der Waals surface area contributed by atoms with Crippen LogP contribution < -0.4 is 16.6 Å². The zero-order chi connectivity index (χ0) is 21.5. The first-order valence-electron chi connectivity index (χ1n) is 9.16. The average molecular weight is 454 g/mol. The van der Waals surface area contributed by atoms with E-state index in [9.17, 15) is 14.4 Å². The van der Waals surface area contributed by atoms with E-state index in [-0.39, 0.29) is 23.5 Å². The first-order chi connectivity index (χ1) is 13.6. The molecule has 0 aliphatic carbocycles. The van der Waals surface area contributed by atoms with Crippen molar-refractivity contribution in [1.29, 1.82) is 0 Å². The van der Waals surface area contributed by atoms with Crippen molar-refractivity contribution in [2.45, 2.75) is 46.7 Å². The smallest absolute Gasteiger partial charge is 0.337 e. The summed E-state index contributed by atoms with van der Waals surface area (Å²) in [5, 5.41) is 3.84. The second-order valence-corrected chi connectivity index (χ2v) is 8.97. The third kappa shape index (κ3) is 3.99. The number of aryl methyl sites for hydroxylation is 2. The summed E-state index contributed by atoms with van der Waals surface area (Å²) in [6.45, 7) is 7.40. The van der Waals surface area contributed by atoms with E-state index in [2.05, 4.69) is 5.32 Å².